The van der Waals surface area contributed by atoms with Crippen LogP contribution in [0.2, 0.25) is 0 Å². The van der Waals surface area contributed by atoms with E-state index in [2.05, 4.69) is 14.9 Å². The SMILES string of the molecule is COc1cc(C(=O)N2CCN(c3nc4c(OC)ccc(OC)c4s3)CC2)nc(OC)n1. The second kappa shape index (κ2) is 8.80. The lowest BCUT2D eigenvalue weighted by Gasteiger charge is -2.34. The highest BCUT2D eigenvalue weighted by molar-refractivity contribution is 7.22. The van der Waals surface area contributed by atoms with Crippen molar-refractivity contribution >= 4 is 32.6 Å². The van der Waals surface area contributed by atoms with E-state index in [-0.39, 0.29) is 23.5 Å². The molecule has 1 fully saturated rings. The van der Waals surface area contributed by atoms with Gasteiger partial charge < -0.3 is 28.7 Å². The molecule has 31 heavy (non-hydrogen) atoms. The molecular formula is C20H23N5O5S. The van der Waals surface area contributed by atoms with Crippen molar-refractivity contribution in [2.75, 3.05) is 59.5 Å². The summed E-state index contributed by atoms with van der Waals surface area (Å²) in [6, 6.07) is 5.34. The van der Waals surface area contributed by atoms with Gasteiger partial charge in [-0.25, -0.2) is 4.98 Å². The minimum absolute atomic E-state index is 0.0960. The van der Waals surface area contributed by atoms with Crippen LogP contribution < -0.4 is 23.8 Å². The van der Waals surface area contributed by atoms with Gasteiger partial charge in [-0.05, 0) is 12.1 Å². The Bertz CT molecular complexity index is 1030. The number of amides is 1. The Morgan fingerprint density at radius 3 is 2.26 bits per heavy atom. The van der Waals surface area contributed by atoms with Crippen LogP contribution in [0.15, 0.2) is 18.2 Å². The average molecular weight is 446 g/mol. The number of hydrogen-bond acceptors (Lipinski definition) is 10. The molecule has 0 radical (unpaired) electrons. The lowest BCUT2D eigenvalue weighted by Crippen LogP contribution is -2.49. The summed E-state index contributed by atoms with van der Waals surface area (Å²) in [4.78, 5) is 29.8. The minimum atomic E-state index is -0.189. The maximum atomic E-state index is 12.9. The van der Waals surface area contributed by atoms with Gasteiger partial charge in [0.2, 0.25) is 5.88 Å². The second-order valence-electron chi connectivity index (χ2n) is 6.71. The third-order valence-electron chi connectivity index (χ3n) is 5.03. The first-order valence-electron chi connectivity index (χ1n) is 9.60. The van der Waals surface area contributed by atoms with Gasteiger partial charge >= 0.3 is 6.01 Å². The molecule has 0 bridgehead atoms. The molecule has 0 unspecified atom stereocenters. The number of benzene rings is 1. The van der Waals surface area contributed by atoms with Gasteiger partial charge in [0.25, 0.3) is 5.91 Å². The summed E-state index contributed by atoms with van der Waals surface area (Å²) in [6.07, 6.45) is 0. The van der Waals surface area contributed by atoms with Crippen LogP contribution in [0, 0.1) is 0 Å². The zero-order chi connectivity index (χ0) is 22.0. The number of ether oxygens (including phenoxy) is 4. The van der Waals surface area contributed by atoms with Crippen molar-refractivity contribution in [1.29, 1.82) is 0 Å². The third kappa shape index (κ3) is 4.00. The molecule has 1 aromatic carbocycles. The number of rotatable bonds is 6. The second-order valence-corrected chi connectivity index (χ2v) is 7.68. The highest BCUT2D eigenvalue weighted by atomic mass is 32.1. The maximum Gasteiger partial charge on any atom is 0.320 e. The van der Waals surface area contributed by atoms with Crippen molar-refractivity contribution in [3.8, 4) is 23.4 Å². The van der Waals surface area contributed by atoms with Crippen LogP contribution in [-0.2, 0) is 0 Å². The van der Waals surface area contributed by atoms with Gasteiger partial charge in [-0.3, -0.25) is 4.79 Å². The molecule has 0 aliphatic carbocycles. The summed E-state index contributed by atoms with van der Waals surface area (Å²) >= 11 is 1.55. The van der Waals surface area contributed by atoms with Crippen LogP contribution in [0.25, 0.3) is 10.2 Å². The maximum absolute atomic E-state index is 12.9. The summed E-state index contributed by atoms with van der Waals surface area (Å²) in [6.45, 7) is 2.38. The van der Waals surface area contributed by atoms with Gasteiger partial charge in [0, 0.05) is 32.2 Å². The molecule has 1 amide bonds. The highest BCUT2D eigenvalue weighted by Crippen LogP contribution is 2.40. The van der Waals surface area contributed by atoms with E-state index in [1.54, 1.807) is 30.5 Å². The monoisotopic (exact) mass is 445 g/mol. The molecule has 3 heterocycles. The zero-order valence-corrected chi connectivity index (χ0v) is 18.6. The number of thiazole rings is 1. The van der Waals surface area contributed by atoms with Crippen molar-refractivity contribution in [3.63, 3.8) is 0 Å². The Morgan fingerprint density at radius 1 is 0.903 bits per heavy atom. The quantitative estimate of drug-likeness (QED) is 0.565. The summed E-state index contributed by atoms with van der Waals surface area (Å²) in [5.74, 6) is 1.57. The van der Waals surface area contributed by atoms with E-state index >= 15 is 0 Å². The lowest BCUT2D eigenvalue weighted by molar-refractivity contribution is 0.0739. The van der Waals surface area contributed by atoms with E-state index in [9.17, 15) is 4.79 Å². The first-order valence-corrected chi connectivity index (χ1v) is 10.4. The molecule has 164 valence electrons. The fourth-order valence-corrected chi connectivity index (χ4v) is 4.51. The van der Waals surface area contributed by atoms with Crippen molar-refractivity contribution in [1.82, 2.24) is 19.9 Å². The Morgan fingerprint density at radius 2 is 1.61 bits per heavy atom. The molecule has 1 aliphatic heterocycles. The van der Waals surface area contributed by atoms with Crippen LogP contribution in [0.3, 0.4) is 0 Å². The van der Waals surface area contributed by atoms with E-state index < -0.39 is 0 Å². The van der Waals surface area contributed by atoms with Gasteiger partial charge in [-0.1, -0.05) is 11.3 Å². The average Bonchev–Trinajstić information content (AvgIpc) is 3.28. The van der Waals surface area contributed by atoms with Crippen molar-refractivity contribution < 1.29 is 23.7 Å². The Hall–Kier alpha value is -3.34. The molecule has 4 rings (SSSR count). The first kappa shape index (κ1) is 20.9. The summed E-state index contributed by atoms with van der Waals surface area (Å²) in [5.41, 5.74) is 1.02. The minimum Gasteiger partial charge on any atom is -0.495 e. The molecule has 3 aromatic rings. The van der Waals surface area contributed by atoms with Crippen LogP contribution in [0.1, 0.15) is 10.5 Å². The molecule has 11 heteroatoms. The number of fused-ring (bicyclic) bond motifs is 1. The Labute approximate surface area is 183 Å². The molecule has 0 atom stereocenters. The van der Waals surface area contributed by atoms with E-state index in [0.29, 0.717) is 31.9 Å². The predicted octanol–water partition coefficient (Wildman–Crippen LogP) is 2.08. The Balaban J connectivity index is 1.51. The fraction of sp³-hybridized carbons (Fsp3) is 0.400. The highest BCUT2D eigenvalue weighted by Gasteiger charge is 2.26. The molecule has 0 N–H and O–H groups in total. The third-order valence-corrected chi connectivity index (χ3v) is 6.16. The zero-order valence-electron chi connectivity index (χ0n) is 17.7. The number of aromatic nitrogens is 3. The van der Waals surface area contributed by atoms with Crippen molar-refractivity contribution in [2.24, 2.45) is 0 Å². The largest absolute Gasteiger partial charge is 0.495 e. The van der Waals surface area contributed by atoms with E-state index in [4.69, 9.17) is 23.9 Å². The van der Waals surface area contributed by atoms with Crippen molar-refractivity contribution in [2.45, 2.75) is 0 Å². The topological polar surface area (TPSA) is 99.1 Å². The van der Waals surface area contributed by atoms with Crippen molar-refractivity contribution in [3.05, 3.63) is 23.9 Å². The summed E-state index contributed by atoms with van der Waals surface area (Å²) < 4.78 is 22.1. The number of carbonyl (C=O) groups excluding carboxylic acids is 1. The Kier molecular flexibility index (Phi) is 5.94. The number of nitrogens with zero attached hydrogens (tertiary/aromatic N) is 5. The fourth-order valence-electron chi connectivity index (χ4n) is 3.38. The molecular weight excluding hydrogens is 422 g/mol. The molecule has 2 aromatic heterocycles. The van der Waals surface area contributed by atoms with Gasteiger partial charge in [0.15, 0.2) is 5.13 Å². The summed E-state index contributed by atoms with van der Waals surface area (Å²) in [5, 5.41) is 0.871. The van der Waals surface area contributed by atoms with Gasteiger partial charge in [0.05, 0.1) is 28.4 Å². The molecule has 1 aliphatic rings. The normalized spacial score (nSPS) is 13.9. The van der Waals surface area contributed by atoms with E-state index in [1.165, 1.54) is 20.3 Å². The first-order chi connectivity index (χ1) is 15.1. The van der Waals surface area contributed by atoms with Crippen LogP contribution in [-0.4, -0.2) is 80.4 Å². The standard InChI is InChI=1S/C20H23N5O5S/c1-27-13-5-6-14(28-2)17-16(13)23-20(31-17)25-9-7-24(8-10-25)18(26)12-11-15(29-3)22-19(21-12)30-4/h5-6,11H,7-10H2,1-4H3. The molecule has 0 spiro atoms. The van der Waals surface area contributed by atoms with Crippen LogP contribution in [0.4, 0.5) is 5.13 Å². The predicted molar refractivity (Wildman–Crippen MR) is 116 cm³/mol. The number of methoxy groups -OCH3 is 4. The van der Waals surface area contributed by atoms with Gasteiger partial charge in [-0.2, -0.15) is 9.97 Å². The molecule has 1 saturated heterocycles. The number of piperazine rings is 1. The van der Waals surface area contributed by atoms with Crippen LogP contribution in [0.5, 0.6) is 23.4 Å². The summed E-state index contributed by atoms with van der Waals surface area (Å²) in [7, 11) is 6.20. The van der Waals surface area contributed by atoms with Crippen LogP contribution >= 0.6 is 11.3 Å². The van der Waals surface area contributed by atoms with E-state index in [1.807, 2.05) is 12.1 Å². The number of anilines is 1. The lowest BCUT2D eigenvalue weighted by atomic mass is 10.2. The smallest absolute Gasteiger partial charge is 0.320 e. The van der Waals surface area contributed by atoms with Gasteiger partial charge in [-0.15, -0.1) is 0 Å². The molecule has 10 nitrogen and oxygen atoms in total. The van der Waals surface area contributed by atoms with Gasteiger partial charge in [0.1, 0.15) is 27.4 Å². The molecule has 0 saturated carbocycles. The number of hydrogen-bond donors (Lipinski definition) is 0. The van der Waals surface area contributed by atoms with E-state index in [0.717, 1.165) is 21.1 Å². The number of carbonyl (C=O) groups is 1.